The lowest BCUT2D eigenvalue weighted by Gasteiger charge is -2.18. The van der Waals surface area contributed by atoms with Gasteiger partial charge in [0.05, 0.1) is 6.10 Å². The van der Waals surface area contributed by atoms with Crippen LogP contribution >= 0.6 is 44.5 Å². The summed E-state index contributed by atoms with van der Waals surface area (Å²) in [5, 5.41) is 19.3. The van der Waals surface area contributed by atoms with E-state index in [0.29, 0.717) is 5.56 Å². The first kappa shape index (κ1) is 12.5. The fraction of sp³-hybridized carbons (Fsp3) is 0.333. The van der Waals surface area contributed by atoms with Crippen molar-refractivity contribution >= 4 is 44.5 Å². The van der Waals surface area contributed by atoms with Crippen LogP contribution in [-0.2, 0) is 0 Å². The van der Waals surface area contributed by atoms with E-state index in [1.165, 1.54) is 0 Å². The largest absolute Gasteiger partial charge is 0.389 e. The van der Waals surface area contributed by atoms with Gasteiger partial charge in [0, 0.05) is 20.3 Å². The second-order valence-electron chi connectivity index (χ2n) is 2.83. The summed E-state index contributed by atoms with van der Waals surface area (Å²) in [5.41, 5.74) is 0.647. The van der Waals surface area contributed by atoms with Gasteiger partial charge in [0.1, 0.15) is 6.10 Å². The highest BCUT2D eigenvalue weighted by Crippen LogP contribution is 2.32. The Hall–Kier alpha value is 0.450. The van der Waals surface area contributed by atoms with E-state index < -0.39 is 12.2 Å². The summed E-state index contributed by atoms with van der Waals surface area (Å²) >= 11 is 10.6. The first-order chi connectivity index (χ1) is 6.57. The number of aliphatic hydroxyl groups excluding tert-OH is 2. The molecule has 2 nitrogen and oxygen atoms in total. The number of hydrogen-bond acceptors (Lipinski definition) is 3. The molecule has 0 aromatic heterocycles. The minimum absolute atomic E-state index is 0.217. The van der Waals surface area contributed by atoms with Crippen molar-refractivity contribution in [3.05, 3.63) is 32.7 Å². The normalized spacial score (nSPS) is 15.2. The number of halogens is 2. The van der Waals surface area contributed by atoms with Crippen molar-refractivity contribution in [2.75, 3.05) is 5.75 Å². The van der Waals surface area contributed by atoms with E-state index in [0.717, 1.165) is 8.95 Å². The molecule has 0 amide bonds. The van der Waals surface area contributed by atoms with Crippen LogP contribution in [0.4, 0.5) is 0 Å². The first-order valence-electron chi connectivity index (χ1n) is 3.98. The number of benzene rings is 1. The molecule has 1 aromatic rings. The van der Waals surface area contributed by atoms with Gasteiger partial charge in [-0.25, -0.2) is 0 Å². The maximum atomic E-state index is 9.79. The lowest BCUT2D eigenvalue weighted by molar-refractivity contribution is 0.0328. The van der Waals surface area contributed by atoms with Gasteiger partial charge >= 0.3 is 0 Å². The van der Waals surface area contributed by atoms with Crippen LogP contribution < -0.4 is 0 Å². The molecule has 0 radical (unpaired) electrons. The Morgan fingerprint density at radius 1 is 1.21 bits per heavy atom. The van der Waals surface area contributed by atoms with Crippen molar-refractivity contribution in [3.63, 3.8) is 0 Å². The van der Waals surface area contributed by atoms with Gasteiger partial charge in [-0.15, -0.1) is 0 Å². The Morgan fingerprint density at radius 3 is 2.14 bits per heavy atom. The van der Waals surface area contributed by atoms with Crippen LogP contribution in [0.25, 0.3) is 0 Å². The summed E-state index contributed by atoms with van der Waals surface area (Å²) in [6.45, 7) is 0. The van der Waals surface area contributed by atoms with Crippen molar-refractivity contribution in [3.8, 4) is 0 Å². The number of hydrogen-bond donors (Lipinski definition) is 3. The van der Waals surface area contributed by atoms with Crippen LogP contribution in [0.5, 0.6) is 0 Å². The van der Waals surface area contributed by atoms with Gasteiger partial charge in [-0.05, 0) is 12.1 Å². The van der Waals surface area contributed by atoms with Crippen molar-refractivity contribution < 1.29 is 10.2 Å². The molecule has 0 spiro atoms. The Kier molecular flexibility index (Phi) is 4.93. The summed E-state index contributed by atoms with van der Waals surface area (Å²) in [4.78, 5) is 0. The topological polar surface area (TPSA) is 40.5 Å². The molecule has 0 heterocycles. The van der Waals surface area contributed by atoms with E-state index >= 15 is 0 Å². The third-order valence-electron chi connectivity index (χ3n) is 1.85. The van der Waals surface area contributed by atoms with E-state index in [-0.39, 0.29) is 5.75 Å². The molecule has 1 aromatic carbocycles. The summed E-state index contributed by atoms with van der Waals surface area (Å²) in [6.07, 6.45) is -1.80. The maximum absolute atomic E-state index is 9.79. The highest BCUT2D eigenvalue weighted by Gasteiger charge is 2.21. The molecular weight excluding hydrogens is 332 g/mol. The third kappa shape index (κ3) is 2.73. The fourth-order valence-corrected chi connectivity index (χ4v) is 2.75. The van der Waals surface area contributed by atoms with Crippen molar-refractivity contribution in [2.24, 2.45) is 0 Å². The molecular formula is C9H10Br2O2S. The van der Waals surface area contributed by atoms with Crippen LogP contribution in [0.3, 0.4) is 0 Å². The summed E-state index contributed by atoms with van der Waals surface area (Å²) in [5.74, 6) is 0.217. The molecule has 0 aliphatic heterocycles. The van der Waals surface area contributed by atoms with Crippen LogP contribution in [-0.4, -0.2) is 22.1 Å². The average molecular weight is 342 g/mol. The second-order valence-corrected chi connectivity index (χ2v) is 4.90. The predicted octanol–water partition coefficient (Wildman–Crippen LogP) is 2.54. The average Bonchev–Trinajstić information content (AvgIpc) is 2.16. The zero-order valence-electron chi connectivity index (χ0n) is 7.19. The molecule has 2 unspecified atom stereocenters. The Balaban J connectivity index is 3.05. The lowest BCUT2D eigenvalue weighted by Crippen LogP contribution is -2.20. The molecule has 2 N–H and O–H groups in total. The van der Waals surface area contributed by atoms with Crippen molar-refractivity contribution in [1.82, 2.24) is 0 Å². The SMILES string of the molecule is OC(CS)C(O)c1c(Br)cccc1Br. The fourth-order valence-electron chi connectivity index (χ4n) is 1.09. The van der Waals surface area contributed by atoms with E-state index in [4.69, 9.17) is 0 Å². The zero-order chi connectivity index (χ0) is 10.7. The third-order valence-corrected chi connectivity index (χ3v) is 3.60. The van der Waals surface area contributed by atoms with Gasteiger partial charge in [-0.2, -0.15) is 12.6 Å². The minimum atomic E-state index is -0.933. The number of rotatable bonds is 3. The highest BCUT2D eigenvalue weighted by molar-refractivity contribution is 9.11. The molecule has 0 saturated carbocycles. The van der Waals surface area contributed by atoms with Crippen LogP contribution in [0.1, 0.15) is 11.7 Å². The molecule has 78 valence electrons. The number of thiol groups is 1. The minimum Gasteiger partial charge on any atom is -0.389 e. The quantitative estimate of drug-likeness (QED) is 0.739. The maximum Gasteiger partial charge on any atom is 0.108 e. The molecule has 1 rings (SSSR count). The van der Waals surface area contributed by atoms with Gasteiger partial charge in [-0.3, -0.25) is 0 Å². The van der Waals surface area contributed by atoms with E-state index in [1.54, 1.807) is 0 Å². The predicted molar refractivity (Wildman–Crippen MR) is 66.7 cm³/mol. The molecule has 0 bridgehead atoms. The Morgan fingerprint density at radius 2 is 1.71 bits per heavy atom. The molecule has 14 heavy (non-hydrogen) atoms. The van der Waals surface area contributed by atoms with Gasteiger partial charge in [0.2, 0.25) is 0 Å². The van der Waals surface area contributed by atoms with Gasteiger partial charge < -0.3 is 10.2 Å². The molecule has 2 atom stereocenters. The summed E-state index contributed by atoms with van der Waals surface area (Å²) < 4.78 is 1.53. The van der Waals surface area contributed by atoms with Crippen LogP contribution in [0, 0.1) is 0 Å². The lowest BCUT2D eigenvalue weighted by atomic mass is 10.1. The zero-order valence-corrected chi connectivity index (χ0v) is 11.3. The molecule has 0 saturated heterocycles. The Labute approximate surface area is 105 Å². The number of aliphatic hydroxyl groups is 2. The van der Waals surface area contributed by atoms with E-state index in [2.05, 4.69) is 44.5 Å². The van der Waals surface area contributed by atoms with Crippen molar-refractivity contribution in [1.29, 1.82) is 0 Å². The van der Waals surface area contributed by atoms with Gasteiger partial charge in [0.15, 0.2) is 0 Å². The van der Waals surface area contributed by atoms with Gasteiger partial charge in [0.25, 0.3) is 0 Å². The molecule has 0 fully saturated rings. The standard InChI is InChI=1S/C9H10Br2O2S/c10-5-2-1-3-6(11)8(5)9(13)7(12)4-14/h1-3,7,9,12-14H,4H2. The van der Waals surface area contributed by atoms with Crippen LogP contribution in [0.2, 0.25) is 0 Å². The van der Waals surface area contributed by atoms with E-state index in [9.17, 15) is 10.2 Å². The Bertz CT molecular complexity index is 299. The highest BCUT2D eigenvalue weighted by atomic mass is 79.9. The van der Waals surface area contributed by atoms with Crippen LogP contribution in [0.15, 0.2) is 27.1 Å². The monoisotopic (exact) mass is 340 g/mol. The second kappa shape index (κ2) is 5.51. The smallest absolute Gasteiger partial charge is 0.108 e. The first-order valence-corrected chi connectivity index (χ1v) is 6.20. The van der Waals surface area contributed by atoms with E-state index in [1.807, 2.05) is 18.2 Å². The molecule has 0 aliphatic rings. The molecule has 5 heteroatoms. The summed E-state index contributed by atoms with van der Waals surface area (Å²) in [7, 11) is 0. The summed E-state index contributed by atoms with van der Waals surface area (Å²) in [6, 6.07) is 5.47. The van der Waals surface area contributed by atoms with Gasteiger partial charge in [-0.1, -0.05) is 37.9 Å². The van der Waals surface area contributed by atoms with Crippen molar-refractivity contribution in [2.45, 2.75) is 12.2 Å². The molecule has 0 aliphatic carbocycles.